The summed E-state index contributed by atoms with van der Waals surface area (Å²) < 4.78 is 6.17. The van der Waals surface area contributed by atoms with Gasteiger partial charge in [-0.3, -0.25) is 0 Å². The van der Waals surface area contributed by atoms with E-state index in [1.807, 2.05) is 25.1 Å². The molecule has 1 heterocycles. The monoisotopic (exact) mass is 298 g/mol. The smallest absolute Gasteiger partial charge is 0.322 e. The number of nitrogens with one attached hydrogen (secondary N) is 1. The minimum absolute atomic E-state index is 0.0606. The zero-order chi connectivity index (χ0) is 12.3. The molecular weight excluding hydrogens is 284 g/mol. The van der Waals surface area contributed by atoms with E-state index in [1.165, 1.54) is 0 Å². The Balaban J connectivity index is 2.04. The van der Waals surface area contributed by atoms with E-state index in [1.54, 1.807) is 4.90 Å². The Morgan fingerprint density at radius 1 is 1.41 bits per heavy atom. The summed E-state index contributed by atoms with van der Waals surface area (Å²) in [6.45, 7) is 4.51. The van der Waals surface area contributed by atoms with E-state index in [2.05, 4.69) is 21.2 Å². The lowest BCUT2D eigenvalue weighted by molar-refractivity contribution is 0.0564. The molecule has 0 spiro atoms. The molecule has 1 aromatic rings. The normalized spacial score (nSPS) is 15.8. The minimum atomic E-state index is -0.0606. The van der Waals surface area contributed by atoms with Crippen molar-refractivity contribution in [2.75, 3.05) is 31.6 Å². The zero-order valence-electron chi connectivity index (χ0n) is 9.70. The Hall–Kier alpha value is -1.07. The molecule has 1 saturated heterocycles. The number of aryl methyl sites for hydroxylation is 1. The molecule has 2 amide bonds. The lowest BCUT2D eigenvalue weighted by atomic mass is 10.2. The fourth-order valence-corrected chi connectivity index (χ4v) is 2.05. The molecule has 92 valence electrons. The third-order valence-corrected chi connectivity index (χ3v) is 3.23. The Kier molecular flexibility index (Phi) is 4.02. The lowest BCUT2D eigenvalue weighted by Gasteiger charge is -2.27. The predicted molar refractivity (Wildman–Crippen MR) is 70.3 cm³/mol. The lowest BCUT2D eigenvalue weighted by Crippen LogP contribution is -2.43. The van der Waals surface area contributed by atoms with Crippen molar-refractivity contribution in [2.24, 2.45) is 0 Å². The largest absolute Gasteiger partial charge is 0.378 e. The van der Waals surface area contributed by atoms with E-state index in [4.69, 9.17) is 4.74 Å². The van der Waals surface area contributed by atoms with Crippen molar-refractivity contribution in [3.05, 3.63) is 28.2 Å². The van der Waals surface area contributed by atoms with Crippen LogP contribution in [0, 0.1) is 6.92 Å². The van der Waals surface area contributed by atoms with Gasteiger partial charge in [-0.25, -0.2) is 4.79 Å². The van der Waals surface area contributed by atoms with Gasteiger partial charge in [0, 0.05) is 23.2 Å². The van der Waals surface area contributed by atoms with Crippen molar-refractivity contribution in [1.29, 1.82) is 0 Å². The fourth-order valence-electron chi connectivity index (χ4n) is 1.69. The second-order valence-electron chi connectivity index (χ2n) is 3.99. The third-order valence-electron chi connectivity index (χ3n) is 2.74. The van der Waals surface area contributed by atoms with Gasteiger partial charge in [-0.15, -0.1) is 0 Å². The molecule has 4 nitrogen and oxygen atoms in total. The molecule has 0 bridgehead atoms. The number of anilines is 1. The highest BCUT2D eigenvalue weighted by Crippen LogP contribution is 2.21. The van der Waals surface area contributed by atoms with Crippen LogP contribution in [-0.4, -0.2) is 37.2 Å². The van der Waals surface area contributed by atoms with Crippen LogP contribution in [0.5, 0.6) is 0 Å². The maximum absolute atomic E-state index is 12.0. The molecule has 1 aliphatic heterocycles. The van der Waals surface area contributed by atoms with Gasteiger partial charge in [0.05, 0.1) is 13.2 Å². The summed E-state index contributed by atoms with van der Waals surface area (Å²) in [5.41, 5.74) is 1.89. The number of urea groups is 1. The van der Waals surface area contributed by atoms with Crippen molar-refractivity contribution in [3.8, 4) is 0 Å². The Morgan fingerprint density at radius 3 is 2.82 bits per heavy atom. The van der Waals surface area contributed by atoms with Crippen LogP contribution < -0.4 is 5.32 Å². The molecule has 1 aliphatic rings. The Labute approximate surface area is 109 Å². The second-order valence-corrected chi connectivity index (χ2v) is 4.90. The minimum Gasteiger partial charge on any atom is -0.378 e. The highest BCUT2D eigenvalue weighted by molar-refractivity contribution is 9.10. The molecule has 17 heavy (non-hydrogen) atoms. The Morgan fingerprint density at radius 2 is 2.12 bits per heavy atom. The number of ether oxygens (including phenoxy) is 1. The summed E-state index contributed by atoms with van der Waals surface area (Å²) in [7, 11) is 0. The average Bonchev–Trinajstić information content (AvgIpc) is 2.35. The van der Waals surface area contributed by atoms with Gasteiger partial charge in [0.2, 0.25) is 0 Å². The van der Waals surface area contributed by atoms with Crippen molar-refractivity contribution in [3.63, 3.8) is 0 Å². The maximum Gasteiger partial charge on any atom is 0.322 e. The van der Waals surface area contributed by atoms with Gasteiger partial charge < -0.3 is 15.0 Å². The molecule has 5 heteroatoms. The van der Waals surface area contributed by atoms with Crippen molar-refractivity contribution >= 4 is 27.6 Å². The van der Waals surface area contributed by atoms with Crippen molar-refractivity contribution in [2.45, 2.75) is 6.92 Å². The highest BCUT2D eigenvalue weighted by atomic mass is 79.9. The van der Waals surface area contributed by atoms with Crippen LogP contribution in [0.3, 0.4) is 0 Å². The van der Waals surface area contributed by atoms with Gasteiger partial charge in [-0.05, 0) is 24.6 Å². The van der Waals surface area contributed by atoms with Gasteiger partial charge in [0.25, 0.3) is 0 Å². The van der Waals surface area contributed by atoms with Gasteiger partial charge in [0.1, 0.15) is 0 Å². The van der Waals surface area contributed by atoms with Crippen LogP contribution in [0.15, 0.2) is 22.7 Å². The summed E-state index contributed by atoms with van der Waals surface area (Å²) in [4.78, 5) is 13.7. The first-order valence-electron chi connectivity index (χ1n) is 5.56. The van der Waals surface area contributed by atoms with Gasteiger partial charge in [-0.2, -0.15) is 0 Å². The molecule has 0 atom stereocenters. The molecule has 0 unspecified atom stereocenters. The van der Waals surface area contributed by atoms with E-state index in [0.717, 1.165) is 15.7 Å². The fraction of sp³-hybridized carbons (Fsp3) is 0.417. The second kappa shape index (κ2) is 5.51. The molecule has 0 saturated carbocycles. The predicted octanol–water partition coefficient (Wildman–Crippen LogP) is 2.62. The first-order valence-corrected chi connectivity index (χ1v) is 6.36. The zero-order valence-corrected chi connectivity index (χ0v) is 11.3. The number of benzene rings is 1. The number of carbonyl (C=O) groups excluding carboxylic acids is 1. The van der Waals surface area contributed by atoms with Crippen LogP contribution in [-0.2, 0) is 4.74 Å². The molecule has 1 aromatic carbocycles. The standard InChI is InChI=1S/C12H15BrN2O2/c1-9-2-3-10(13)8-11(9)14-12(16)15-4-6-17-7-5-15/h2-3,8H,4-7H2,1H3,(H,14,16). The van der Waals surface area contributed by atoms with E-state index in [-0.39, 0.29) is 6.03 Å². The number of hydrogen-bond donors (Lipinski definition) is 1. The summed E-state index contributed by atoms with van der Waals surface area (Å²) in [6, 6.07) is 5.78. The van der Waals surface area contributed by atoms with E-state index >= 15 is 0 Å². The van der Waals surface area contributed by atoms with Gasteiger partial charge >= 0.3 is 6.03 Å². The summed E-state index contributed by atoms with van der Waals surface area (Å²) in [6.07, 6.45) is 0. The molecular formula is C12H15BrN2O2. The third kappa shape index (κ3) is 3.20. The van der Waals surface area contributed by atoms with E-state index < -0.39 is 0 Å². The van der Waals surface area contributed by atoms with Crippen LogP contribution >= 0.6 is 15.9 Å². The molecule has 0 aromatic heterocycles. The van der Waals surface area contributed by atoms with E-state index in [9.17, 15) is 4.79 Å². The number of hydrogen-bond acceptors (Lipinski definition) is 2. The first kappa shape index (κ1) is 12.4. The quantitative estimate of drug-likeness (QED) is 0.866. The van der Waals surface area contributed by atoms with Crippen LogP contribution in [0.4, 0.5) is 10.5 Å². The molecule has 1 N–H and O–H groups in total. The number of halogens is 1. The van der Waals surface area contributed by atoms with Crippen LogP contribution in [0.2, 0.25) is 0 Å². The van der Waals surface area contributed by atoms with Gasteiger partial charge in [-0.1, -0.05) is 22.0 Å². The average molecular weight is 299 g/mol. The number of morpholine rings is 1. The Bertz CT molecular complexity index is 417. The van der Waals surface area contributed by atoms with Gasteiger partial charge in [0.15, 0.2) is 0 Å². The maximum atomic E-state index is 12.0. The molecule has 0 radical (unpaired) electrons. The first-order chi connectivity index (χ1) is 8.16. The number of amides is 2. The van der Waals surface area contributed by atoms with Crippen molar-refractivity contribution < 1.29 is 9.53 Å². The highest BCUT2D eigenvalue weighted by Gasteiger charge is 2.17. The van der Waals surface area contributed by atoms with Crippen molar-refractivity contribution in [1.82, 2.24) is 4.90 Å². The van der Waals surface area contributed by atoms with E-state index in [0.29, 0.717) is 26.3 Å². The summed E-state index contributed by atoms with van der Waals surface area (Å²) in [5.74, 6) is 0. The summed E-state index contributed by atoms with van der Waals surface area (Å²) in [5, 5.41) is 2.92. The molecule has 2 rings (SSSR count). The number of rotatable bonds is 1. The SMILES string of the molecule is Cc1ccc(Br)cc1NC(=O)N1CCOCC1. The molecule has 1 fully saturated rings. The number of nitrogens with zero attached hydrogens (tertiary/aromatic N) is 1. The summed E-state index contributed by atoms with van der Waals surface area (Å²) >= 11 is 3.40. The van der Waals surface area contributed by atoms with Crippen LogP contribution in [0.25, 0.3) is 0 Å². The number of carbonyl (C=O) groups is 1. The topological polar surface area (TPSA) is 41.6 Å². The van der Waals surface area contributed by atoms with Crippen LogP contribution in [0.1, 0.15) is 5.56 Å². The molecule has 0 aliphatic carbocycles.